The summed E-state index contributed by atoms with van der Waals surface area (Å²) < 4.78 is 1.58. The van der Waals surface area contributed by atoms with Gasteiger partial charge in [0.15, 0.2) is 0 Å². The molecule has 1 unspecified atom stereocenters. The molecular formula is C18H17N3O. The van der Waals surface area contributed by atoms with Crippen LogP contribution >= 0.6 is 0 Å². The van der Waals surface area contributed by atoms with E-state index in [1.807, 2.05) is 60.7 Å². The fraction of sp³-hybridized carbons (Fsp3) is 0.0556. The molecule has 110 valence electrons. The average Bonchev–Trinajstić information content (AvgIpc) is 2.97. The molecule has 0 fully saturated rings. The largest absolute Gasteiger partial charge is 0.401 e. The van der Waals surface area contributed by atoms with E-state index < -0.39 is 6.04 Å². The third-order valence-electron chi connectivity index (χ3n) is 3.59. The van der Waals surface area contributed by atoms with Gasteiger partial charge in [-0.1, -0.05) is 55.1 Å². The summed E-state index contributed by atoms with van der Waals surface area (Å²) in [5.74, 6) is 0. The number of hydrogen-bond donors (Lipinski definition) is 2. The summed E-state index contributed by atoms with van der Waals surface area (Å²) in [7, 11) is 0. The molecule has 0 aliphatic carbocycles. The predicted octanol–water partition coefficient (Wildman–Crippen LogP) is 3.41. The van der Waals surface area contributed by atoms with Crippen LogP contribution in [0.15, 0.2) is 79.1 Å². The van der Waals surface area contributed by atoms with Crippen molar-refractivity contribution in [2.45, 2.75) is 6.04 Å². The highest BCUT2D eigenvalue weighted by Gasteiger charge is 2.17. The SMILES string of the molecule is C=C(N)C(NC(=O)n1ccc2ccccc21)c1ccccc1. The van der Waals surface area contributed by atoms with E-state index in [9.17, 15) is 4.79 Å². The summed E-state index contributed by atoms with van der Waals surface area (Å²) in [4.78, 5) is 12.6. The molecule has 1 heterocycles. The molecule has 0 aliphatic rings. The molecule has 0 saturated carbocycles. The number of fused-ring (bicyclic) bond motifs is 1. The molecular weight excluding hydrogens is 274 g/mol. The van der Waals surface area contributed by atoms with E-state index in [1.165, 1.54) is 0 Å². The van der Waals surface area contributed by atoms with Crippen LogP contribution in [0.5, 0.6) is 0 Å². The van der Waals surface area contributed by atoms with Crippen LogP contribution in [0.4, 0.5) is 4.79 Å². The Balaban J connectivity index is 1.90. The van der Waals surface area contributed by atoms with Crippen LogP contribution in [-0.4, -0.2) is 10.6 Å². The maximum absolute atomic E-state index is 12.6. The number of nitrogens with one attached hydrogen (secondary N) is 1. The van der Waals surface area contributed by atoms with E-state index in [4.69, 9.17) is 5.73 Å². The van der Waals surface area contributed by atoms with Crippen molar-refractivity contribution >= 4 is 16.9 Å². The van der Waals surface area contributed by atoms with Crippen LogP contribution in [0.2, 0.25) is 0 Å². The lowest BCUT2D eigenvalue weighted by atomic mass is 10.1. The first-order chi connectivity index (χ1) is 10.7. The minimum absolute atomic E-state index is 0.235. The maximum Gasteiger partial charge on any atom is 0.326 e. The fourth-order valence-electron chi connectivity index (χ4n) is 2.49. The molecule has 3 aromatic rings. The van der Waals surface area contributed by atoms with Crippen molar-refractivity contribution < 1.29 is 4.79 Å². The first-order valence-electron chi connectivity index (χ1n) is 7.03. The second-order valence-electron chi connectivity index (χ2n) is 5.11. The maximum atomic E-state index is 12.6. The van der Waals surface area contributed by atoms with Crippen molar-refractivity contribution in [2.75, 3.05) is 0 Å². The van der Waals surface area contributed by atoms with E-state index in [2.05, 4.69) is 11.9 Å². The molecule has 4 nitrogen and oxygen atoms in total. The van der Waals surface area contributed by atoms with Crippen molar-refractivity contribution in [2.24, 2.45) is 5.73 Å². The summed E-state index contributed by atoms with van der Waals surface area (Å²) >= 11 is 0. The summed E-state index contributed by atoms with van der Waals surface area (Å²) in [6, 6.07) is 18.5. The molecule has 4 heteroatoms. The number of hydrogen-bond acceptors (Lipinski definition) is 2. The standard InChI is InChI=1S/C18H17N3O/c1-13(19)17(15-8-3-2-4-9-15)20-18(22)21-12-11-14-7-5-6-10-16(14)21/h2-12,17H,1,19H2,(H,20,22). The van der Waals surface area contributed by atoms with Gasteiger partial charge in [0.2, 0.25) is 0 Å². The van der Waals surface area contributed by atoms with E-state index in [1.54, 1.807) is 10.8 Å². The van der Waals surface area contributed by atoms with Crippen LogP contribution in [0.1, 0.15) is 11.6 Å². The number of carbonyl (C=O) groups is 1. The van der Waals surface area contributed by atoms with Gasteiger partial charge in [0.1, 0.15) is 0 Å². The number of carbonyl (C=O) groups excluding carboxylic acids is 1. The van der Waals surface area contributed by atoms with Gasteiger partial charge in [0.05, 0.1) is 11.6 Å². The summed E-state index contributed by atoms with van der Waals surface area (Å²) in [5.41, 5.74) is 8.02. The van der Waals surface area contributed by atoms with Gasteiger partial charge in [0, 0.05) is 17.3 Å². The average molecular weight is 291 g/mol. The minimum Gasteiger partial charge on any atom is -0.401 e. The van der Waals surface area contributed by atoms with Gasteiger partial charge in [-0.05, 0) is 17.7 Å². The van der Waals surface area contributed by atoms with Crippen LogP contribution in [0.25, 0.3) is 10.9 Å². The summed E-state index contributed by atoms with van der Waals surface area (Å²) in [5, 5.41) is 3.94. The van der Waals surface area contributed by atoms with Gasteiger partial charge >= 0.3 is 6.03 Å². The fourth-order valence-corrected chi connectivity index (χ4v) is 2.49. The Morgan fingerprint density at radius 3 is 2.45 bits per heavy atom. The van der Waals surface area contributed by atoms with Crippen LogP contribution in [0.3, 0.4) is 0 Å². The number of nitrogens with zero attached hydrogens (tertiary/aromatic N) is 1. The van der Waals surface area contributed by atoms with Gasteiger partial charge in [-0.25, -0.2) is 4.79 Å². The first kappa shape index (κ1) is 13.9. The van der Waals surface area contributed by atoms with Crippen molar-refractivity contribution in [3.05, 3.63) is 84.7 Å². The Hall–Kier alpha value is -3.01. The highest BCUT2D eigenvalue weighted by molar-refractivity contribution is 5.91. The molecule has 1 amide bonds. The quantitative estimate of drug-likeness (QED) is 0.777. The topological polar surface area (TPSA) is 60.0 Å². The lowest BCUT2D eigenvalue weighted by molar-refractivity contribution is 0.241. The normalized spacial score (nSPS) is 12.0. The Morgan fingerprint density at radius 1 is 1.05 bits per heavy atom. The third-order valence-corrected chi connectivity index (χ3v) is 3.59. The van der Waals surface area contributed by atoms with Crippen molar-refractivity contribution in [1.29, 1.82) is 0 Å². The zero-order chi connectivity index (χ0) is 15.5. The van der Waals surface area contributed by atoms with Crippen LogP contribution < -0.4 is 11.1 Å². The number of aromatic nitrogens is 1. The lowest BCUT2D eigenvalue weighted by Gasteiger charge is -2.19. The van der Waals surface area contributed by atoms with E-state index in [-0.39, 0.29) is 6.03 Å². The lowest BCUT2D eigenvalue weighted by Crippen LogP contribution is -2.34. The van der Waals surface area contributed by atoms with Crippen molar-refractivity contribution in [1.82, 2.24) is 9.88 Å². The molecule has 0 aliphatic heterocycles. The predicted molar refractivity (Wildman–Crippen MR) is 88.4 cm³/mol. The second-order valence-corrected chi connectivity index (χ2v) is 5.11. The number of benzene rings is 2. The zero-order valence-electron chi connectivity index (χ0n) is 12.1. The van der Waals surface area contributed by atoms with E-state index in [0.717, 1.165) is 16.5 Å². The van der Waals surface area contributed by atoms with Gasteiger partial charge in [-0.3, -0.25) is 4.57 Å². The van der Waals surface area contributed by atoms with Crippen molar-refractivity contribution in [3.63, 3.8) is 0 Å². The monoisotopic (exact) mass is 291 g/mol. The molecule has 22 heavy (non-hydrogen) atoms. The Labute approximate surface area is 128 Å². The number of nitrogens with two attached hydrogens (primary N) is 1. The minimum atomic E-state index is -0.421. The Morgan fingerprint density at radius 2 is 1.73 bits per heavy atom. The second kappa shape index (κ2) is 5.77. The smallest absolute Gasteiger partial charge is 0.326 e. The summed E-state index contributed by atoms with van der Waals surface area (Å²) in [6.07, 6.45) is 1.75. The summed E-state index contributed by atoms with van der Waals surface area (Å²) in [6.45, 7) is 3.78. The highest BCUT2D eigenvalue weighted by atomic mass is 16.2. The van der Waals surface area contributed by atoms with Gasteiger partial charge in [-0.15, -0.1) is 0 Å². The van der Waals surface area contributed by atoms with Crippen LogP contribution in [-0.2, 0) is 0 Å². The number of amides is 1. The Bertz CT molecular complexity index is 820. The number of rotatable bonds is 3. The Kier molecular flexibility index (Phi) is 3.66. The molecule has 1 atom stereocenters. The van der Waals surface area contributed by atoms with E-state index >= 15 is 0 Å². The molecule has 3 rings (SSSR count). The highest BCUT2D eigenvalue weighted by Crippen LogP contribution is 2.19. The molecule has 0 saturated heterocycles. The van der Waals surface area contributed by atoms with E-state index in [0.29, 0.717) is 5.70 Å². The van der Waals surface area contributed by atoms with Gasteiger partial charge in [0.25, 0.3) is 0 Å². The van der Waals surface area contributed by atoms with Crippen LogP contribution in [0, 0.1) is 0 Å². The molecule has 0 bridgehead atoms. The van der Waals surface area contributed by atoms with Gasteiger partial charge < -0.3 is 11.1 Å². The molecule has 3 N–H and O–H groups in total. The number of para-hydroxylation sites is 1. The zero-order valence-corrected chi connectivity index (χ0v) is 12.1. The molecule has 2 aromatic carbocycles. The molecule has 1 aromatic heterocycles. The molecule has 0 spiro atoms. The van der Waals surface area contributed by atoms with Crippen molar-refractivity contribution in [3.8, 4) is 0 Å². The molecule has 0 radical (unpaired) electrons. The van der Waals surface area contributed by atoms with Gasteiger partial charge in [-0.2, -0.15) is 0 Å². The third kappa shape index (κ3) is 2.59. The first-order valence-corrected chi connectivity index (χ1v) is 7.03.